The van der Waals surface area contributed by atoms with Crippen LogP contribution in [-0.2, 0) is 16.0 Å². The number of carboxylic acid groups (broad SMARTS) is 1. The van der Waals surface area contributed by atoms with E-state index in [1.54, 1.807) is 24.1 Å². The lowest BCUT2D eigenvalue weighted by atomic mass is 10.1. The number of carbonyl (C=O) groups is 1. The molecule has 2 N–H and O–H groups in total. The molecular formula is C11H9NO4. The maximum Gasteiger partial charge on any atom is 0.307 e. The van der Waals surface area contributed by atoms with Crippen LogP contribution in [0.2, 0.25) is 0 Å². The number of nitrogens with one attached hydrogen (secondary N) is 1. The fraction of sp³-hybridized carbons (Fsp3) is 0.182. The van der Waals surface area contributed by atoms with Crippen molar-refractivity contribution in [2.24, 2.45) is 0 Å². The van der Waals surface area contributed by atoms with Gasteiger partial charge in [-0.25, -0.2) is 4.79 Å². The molecule has 1 aromatic carbocycles. The van der Waals surface area contributed by atoms with Crippen LogP contribution < -0.4 is 10.1 Å². The quantitative estimate of drug-likeness (QED) is 0.720. The summed E-state index contributed by atoms with van der Waals surface area (Å²) in [5, 5.41) is 11.5. The molecule has 0 fully saturated rings. The van der Waals surface area contributed by atoms with Gasteiger partial charge in [0.2, 0.25) is 0 Å². The first kappa shape index (κ1) is 10.3. The molecule has 1 aliphatic rings. The third-order valence-corrected chi connectivity index (χ3v) is 2.18. The van der Waals surface area contributed by atoms with Crippen LogP contribution in [0, 0.1) is 0 Å². The summed E-state index contributed by atoms with van der Waals surface area (Å²) in [5.74, 6) is 1.42. The van der Waals surface area contributed by atoms with Gasteiger partial charge in [0.05, 0.1) is 12.1 Å². The first-order chi connectivity index (χ1) is 7.69. The van der Waals surface area contributed by atoms with Gasteiger partial charge in [0.25, 0.3) is 0 Å². The Bertz CT molecular complexity index is 489. The maximum absolute atomic E-state index is 10.5. The predicted octanol–water partition coefficient (Wildman–Crippen LogP) is 0.833. The van der Waals surface area contributed by atoms with Gasteiger partial charge >= 0.3 is 5.97 Å². The molecule has 5 heteroatoms. The smallest absolute Gasteiger partial charge is 0.307 e. The molecule has 0 amide bonds. The number of hydrogen-bond donors (Lipinski definition) is 2. The highest BCUT2D eigenvalue weighted by Gasteiger charge is 2.14. The van der Waals surface area contributed by atoms with Gasteiger partial charge in [-0.3, -0.25) is 4.79 Å². The Morgan fingerprint density at radius 2 is 2.38 bits per heavy atom. The van der Waals surface area contributed by atoms with Crippen molar-refractivity contribution in [3.05, 3.63) is 29.5 Å². The molecule has 82 valence electrons. The Hall–Kier alpha value is -2.26. The minimum absolute atomic E-state index is 0.0604. The number of fused-ring (bicyclic) bond motifs is 1. The molecule has 16 heavy (non-hydrogen) atoms. The van der Waals surface area contributed by atoms with Crippen LogP contribution in [0.3, 0.4) is 0 Å². The van der Waals surface area contributed by atoms with Crippen LogP contribution in [0.5, 0.6) is 5.75 Å². The number of rotatable bonds is 2. The number of ether oxygens (including phenoxy) is 1. The SMILES string of the molecule is O=C=C1COc2ccc(CC(=O)O)cc2N1. The first-order valence-electron chi connectivity index (χ1n) is 4.67. The van der Waals surface area contributed by atoms with E-state index >= 15 is 0 Å². The predicted molar refractivity (Wildman–Crippen MR) is 56.1 cm³/mol. The summed E-state index contributed by atoms with van der Waals surface area (Å²) in [5.41, 5.74) is 1.55. The van der Waals surface area contributed by atoms with Crippen LogP contribution in [0.4, 0.5) is 5.69 Å². The summed E-state index contributed by atoms with van der Waals surface area (Å²) >= 11 is 0. The summed E-state index contributed by atoms with van der Waals surface area (Å²) in [6, 6.07) is 5.02. The second-order valence-corrected chi connectivity index (χ2v) is 3.40. The standard InChI is InChI=1S/C11H9NO4/c13-5-8-6-16-10-2-1-7(4-11(14)15)3-9(10)12-8/h1-3,12H,4,6H2,(H,14,15). The topological polar surface area (TPSA) is 75.6 Å². The highest BCUT2D eigenvalue weighted by Crippen LogP contribution is 2.30. The molecule has 0 aromatic heterocycles. The van der Waals surface area contributed by atoms with E-state index in [0.29, 0.717) is 22.7 Å². The number of hydrogen-bond acceptors (Lipinski definition) is 4. The molecule has 0 bridgehead atoms. The zero-order chi connectivity index (χ0) is 11.5. The van der Waals surface area contributed by atoms with Crippen LogP contribution >= 0.6 is 0 Å². The van der Waals surface area contributed by atoms with Gasteiger partial charge < -0.3 is 15.2 Å². The van der Waals surface area contributed by atoms with E-state index in [0.717, 1.165) is 0 Å². The zero-order valence-corrected chi connectivity index (χ0v) is 8.32. The van der Waals surface area contributed by atoms with E-state index in [2.05, 4.69) is 5.32 Å². The van der Waals surface area contributed by atoms with Crippen molar-refractivity contribution in [3.63, 3.8) is 0 Å². The van der Waals surface area contributed by atoms with E-state index in [9.17, 15) is 9.59 Å². The number of anilines is 1. The first-order valence-corrected chi connectivity index (χ1v) is 4.67. The molecule has 1 aromatic rings. The average molecular weight is 219 g/mol. The summed E-state index contributed by atoms with van der Waals surface area (Å²) in [6.45, 7) is 0.161. The third kappa shape index (κ3) is 2.04. The van der Waals surface area contributed by atoms with Gasteiger partial charge in [0.15, 0.2) is 0 Å². The Labute approximate surface area is 91.3 Å². The Morgan fingerprint density at radius 3 is 3.06 bits per heavy atom. The largest absolute Gasteiger partial charge is 0.484 e. The van der Waals surface area contributed by atoms with Crippen molar-refractivity contribution in [1.29, 1.82) is 0 Å². The number of carbonyl (C=O) groups excluding carboxylic acids is 1. The molecule has 0 spiro atoms. The normalized spacial score (nSPS) is 13.1. The van der Waals surface area contributed by atoms with Crippen molar-refractivity contribution in [2.75, 3.05) is 11.9 Å². The number of aliphatic carboxylic acids is 1. The fourth-order valence-corrected chi connectivity index (χ4v) is 1.49. The Morgan fingerprint density at radius 1 is 1.56 bits per heavy atom. The summed E-state index contributed by atoms with van der Waals surface area (Å²) < 4.78 is 5.28. The molecule has 0 saturated heterocycles. The van der Waals surface area contributed by atoms with E-state index in [-0.39, 0.29) is 13.0 Å². The van der Waals surface area contributed by atoms with Crippen LogP contribution in [-0.4, -0.2) is 23.6 Å². The summed E-state index contributed by atoms with van der Waals surface area (Å²) in [4.78, 5) is 21.0. The van der Waals surface area contributed by atoms with Gasteiger partial charge in [-0.1, -0.05) is 6.07 Å². The van der Waals surface area contributed by atoms with Gasteiger partial charge in [-0.2, -0.15) is 0 Å². The highest BCUT2D eigenvalue weighted by atomic mass is 16.5. The van der Waals surface area contributed by atoms with Crippen LogP contribution in [0.15, 0.2) is 23.9 Å². The molecule has 1 heterocycles. The summed E-state index contributed by atoms with van der Waals surface area (Å²) in [7, 11) is 0. The van der Waals surface area contributed by atoms with Crippen molar-refractivity contribution < 1.29 is 19.4 Å². The minimum Gasteiger partial charge on any atom is -0.484 e. The van der Waals surface area contributed by atoms with E-state index < -0.39 is 5.97 Å². The minimum atomic E-state index is -0.900. The third-order valence-electron chi connectivity index (χ3n) is 2.18. The number of benzene rings is 1. The monoisotopic (exact) mass is 219 g/mol. The molecule has 0 radical (unpaired) electrons. The van der Waals surface area contributed by atoms with Crippen molar-refractivity contribution in [3.8, 4) is 5.75 Å². The molecule has 2 rings (SSSR count). The van der Waals surface area contributed by atoms with Crippen LogP contribution in [0.25, 0.3) is 0 Å². The van der Waals surface area contributed by atoms with Crippen molar-refractivity contribution in [2.45, 2.75) is 6.42 Å². The Kier molecular flexibility index (Phi) is 2.62. The van der Waals surface area contributed by atoms with Gasteiger partial charge in [-0.05, 0) is 17.7 Å². The van der Waals surface area contributed by atoms with E-state index in [4.69, 9.17) is 9.84 Å². The fourth-order valence-electron chi connectivity index (χ4n) is 1.49. The molecule has 0 atom stereocenters. The van der Waals surface area contributed by atoms with Crippen molar-refractivity contribution >= 4 is 17.6 Å². The van der Waals surface area contributed by atoms with Crippen molar-refractivity contribution in [1.82, 2.24) is 0 Å². The van der Waals surface area contributed by atoms with E-state index in [1.165, 1.54) is 0 Å². The highest BCUT2D eigenvalue weighted by molar-refractivity contribution is 5.73. The Balaban J connectivity index is 2.30. The molecule has 0 saturated carbocycles. The maximum atomic E-state index is 10.5. The summed E-state index contributed by atoms with van der Waals surface area (Å²) in [6.07, 6.45) is -0.0604. The second kappa shape index (κ2) is 4.08. The van der Waals surface area contributed by atoms with Gasteiger partial charge in [0.1, 0.15) is 24.0 Å². The lowest BCUT2D eigenvalue weighted by Gasteiger charge is -2.19. The van der Waals surface area contributed by atoms with Gasteiger partial charge in [0, 0.05) is 0 Å². The van der Waals surface area contributed by atoms with Gasteiger partial charge in [-0.15, -0.1) is 0 Å². The average Bonchev–Trinajstić information content (AvgIpc) is 2.27. The number of carboxylic acids is 1. The lowest BCUT2D eigenvalue weighted by Crippen LogP contribution is -2.17. The molecule has 0 unspecified atom stereocenters. The molecule has 0 aliphatic carbocycles. The lowest BCUT2D eigenvalue weighted by molar-refractivity contribution is -0.136. The van der Waals surface area contributed by atoms with E-state index in [1.807, 2.05) is 0 Å². The van der Waals surface area contributed by atoms with Crippen LogP contribution in [0.1, 0.15) is 5.56 Å². The second-order valence-electron chi connectivity index (χ2n) is 3.40. The molecule has 5 nitrogen and oxygen atoms in total. The molecule has 1 aliphatic heterocycles. The zero-order valence-electron chi connectivity index (χ0n) is 8.32. The molecular weight excluding hydrogens is 210 g/mol.